The third-order valence-electron chi connectivity index (χ3n) is 1.83. The number of ether oxygens (including phenoxy) is 1. The number of hydrogen-bond donors (Lipinski definition) is 0. The van der Waals surface area contributed by atoms with Crippen LogP contribution in [0.2, 0.25) is 0 Å². The standard InChI is InChI=1S/C11H12O3/c1-8(2)11(13)9-4-3-5-10(6-9)14-7-12/h3-8H,1-2H3. The van der Waals surface area contributed by atoms with Crippen molar-refractivity contribution in [3.63, 3.8) is 0 Å². The Labute approximate surface area is 82.7 Å². The van der Waals surface area contributed by atoms with Crippen molar-refractivity contribution in [3.05, 3.63) is 29.8 Å². The van der Waals surface area contributed by atoms with Crippen molar-refractivity contribution in [1.82, 2.24) is 0 Å². The molecule has 0 spiro atoms. The second-order valence-electron chi connectivity index (χ2n) is 3.26. The summed E-state index contributed by atoms with van der Waals surface area (Å²) in [6.07, 6.45) is 0. The molecule has 0 aliphatic carbocycles. The summed E-state index contributed by atoms with van der Waals surface area (Å²) in [7, 11) is 0. The first-order chi connectivity index (χ1) is 6.65. The molecule has 14 heavy (non-hydrogen) atoms. The summed E-state index contributed by atoms with van der Waals surface area (Å²) in [6.45, 7) is 4.00. The van der Waals surface area contributed by atoms with Gasteiger partial charge < -0.3 is 4.74 Å². The Bertz CT molecular complexity index is 342. The summed E-state index contributed by atoms with van der Waals surface area (Å²) >= 11 is 0. The number of ketones is 1. The average molecular weight is 192 g/mol. The van der Waals surface area contributed by atoms with E-state index < -0.39 is 0 Å². The molecule has 0 aromatic heterocycles. The van der Waals surface area contributed by atoms with Crippen LogP contribution in [0.3, 0.4) is 0 Å². The zero-order valence-electron chi connectivity index (χ0n) is 8.19. The molecule has 3 heteroatoms. The van der Waals surface area contributed by atoms with Crippen LogP contribution in [-0.4, -0.2) is 12.3 Å². The topological polar surface area (TPSA) is 43.4 Å². The van der Waals surface area contributed by atoms with Crippen molar-refractivity contribution < 1.29 is 14.3 Å². The van der Waals surface area contributed by atoms with Crippen LogP contribution in [0.25, 0.3) is 0 Å². The summed E-state index contributed by atoms with van der Waals surface area (Å²) in [5.74, 6) is 0.384. The van der Waals surface area contributed by atoms with Crippen LogP contribution in [0, 0.1) is 5.92 Å². The van der Waals surface area contributed by atoms with Gasteiger partial charge in [-0.05, 0) is 12.1 Å². The number of carbonyl (C=O) groups is 2. The third kappa shape index (κ3) is 2.42. The van der Waals surface area contributed by atoms with Gasteiger partial charge in [0.05, 0.1) is 0 Å². The minimum Gasteiger partial charge on any atom is -0.429 e. The van der Waals surface area contributed by atoms with E-state index in [0.717, 1.165) is 0 Å². The fourth-order valence-corrected chi connectivity index (χ4v) is 1.11. The van der Waals surface area contributed by atoms with Crippen molar-refractivity contribution in [2.45, 2.75) is 13.8 Å². The van der Waals surface area contributed by atoms with E-state index in [1.54, 1.807) is 24.3 Å². The summed E-state index contributed by atoms with van der Waals surface area (Å²) in [5, 5.41) is 0. The molecular formula is C11H12O3. The predicted octanol–water partition coefficient (Wildman–Crippen LogP) is 2.06. The van der Waals surface area contributed by atoms with Crippen LogP contribution in [0.4, 0.5) is 0 Å². The Hall–Kier alpha value is -1.64. The Kier molecular flexibility index (Phi) is 3.40. The molecule has 0 aliphatic heterocycles. The van der Waals surface area contributed by atoms with E-state index in [0.29, 0.717) is 17.8 Å². The Morgan fingerprint density at radius 2 is 2.14 bits per heavy atom. The third-order valence-corrected chi connectivity index (χ3v) is 1.83. The molecule has 0 atom stereocenters. The van der Waals surface area contributed by atoms with Gasteiger partial charge in [-0.3, -0.25) is 9.59 Å². The first-order valence-corrected chi connectivity index (χ1v) is 4.39. The van der Waals surface area contributed by atoms with Crippen molar-refractivity contribution in [3.8, 4) is 5.75 Å². The van der Waals surface area contributed by atoms with Gasteiger partial charge in [0.2, 0.25) is 0 Å². The zero-order valence-corrected chi connectivity index (χ0v) is 8.19. The number of carbonyl (C=O) groups excluding carboxylic acids is 2. The van der Waals surface area contributed by atoms with Crippen molar-refractivity contribution in [1.29, 1.82) is 0 Å². The fraction of sp³-hybridized carbons (Fsp3) is 0.273. The van der Waals surface area contributed by atoms with E-state index in [-0.39, 0.29) is 11.7 Å². The minimum atomic E-state index is -0.0542. The molecule has 0 amide bonds. The lowest BCUT2D eigenvalue weighted by atomic mass is 10.0. The lowest BCUT2D eigenvalue weighted by Crippen LogP contribution is -2.07. The summed E-state index contributed by atoms with van der Waals surface area (Å²) in [5.41, 5.74) is 0.569. The molecule has 0 unspecified atom stereocenters. The number of rotatable bonds is 4. The van der Waals surface area contributed by atoms with Gasteiger partial charge in [-0.1, -0.05) is 26.0 Å². The van der Waals surface area contributed by atoms with Gasteiger partial charge in [-0.15, -0.1) is 0 Å². The van der Waals surface area contributed by atoms with Crippen molar-refractivity contribution >= 4 is 12.3 Å². The molecular weight excluding hydrogens is 180 g/mol. The van der Waals surface area contributed by atoms with Crippen LogP contribution in [0.15, 0.2) is 24.3 Å². The van der Waals surface area contributed by atoms with Crippen LogP contribution in [0.1, 0.15) is 24.2 Å². The smallest absolute Gasteiger partial charge is 0.298 e. The first kappa shape index (κ1) is 10.4. The Morgan fingerprint density at radius 1 is 1.43 bits per heavy atom. The molecule has 1 aromatic carbocycles. The molecule has 0 bridgehead atoms. The van der Waals surface area contributed by atoms with Gasteiger partial charge in [0.1, 0.15) is 5.75 Å². The highest BCUT2D eigenvalue weighted by Crippen LogP contribution is 2.15. The highest BCUT2D eigenvalue weighted by atomic mass is 16.5. The lowest BCUT2D eigenvalue weighted by molar-refractivity contribution is -0.120. The minimum absolute atomic E-state index is 0.0429. The predicted molar refractivity (Wildman–Crippen MR) is 52.3 cm³/mol. The van der Waals surface area contributed by atoms with E-state index in [2.05, 4.69) is 4.74 Å². The number of benzene rings is 1. The maximum atomic E-state index is 11.6. The maximum absolute atomic E-state index is 11.6. The number of Topliss-reactive ketones (excluding diaryl/α,β-unsaturated/α-hetero) is 1. The lowest BCUT2D eigenvalue weighted by Gasteiger charge is -2.04. The molecule has 1 aromatic rings. The molecule has 0 aliphatic rings. The molecule has 0 fully saturated rings. The first-order valence-electron chi connectivity index (χ1n) is 4.39. The second-order valence-corrected chi connectivity index (χ2v) is 3.26. The largest absolute Gasteiger partial charge is 0.429 e. The van der Waals surface area contributed by atoms with Gasteiger partial charge in [0, 0.05) is 11.5 Å². The van der Waals surface area contributed by atoms with Gasteiger partial charge in [0.15, 0.2) is 5.78 Å². The monoisotopic (exact) mass is 192 g/mol. The average Bonchev–Trinajstić information content (AvgIpc) is 2.17. The molecule has 0 radical (unpaired) electrons. The van der Waals surface area contributed by atoms with E-state index in [4.69, 9.17) is 0 Å². The van der Waals surface area contributed by atoms with Crippen LogP contribution >= 0.6 is 0 Å². The normalized spacial score (nSPS) is 9.93. The van der Waals surface area contributed by atoms with Crippen molar-refractivity contribution in [2.75, 3.05) is 0 Å². The van der Waals surface area contributed by atoms with Crippen molar-refractivity contribution in [2.24, 2.45) is 5.92 Å². The SMILES string of the molecule is CC(C)C(=O)c1cccc(OC=O)c1. The zero-order chi connectivity index (χ0) is 10.6. The summed E-state index contributed by atoms with van der Waals surface area (Å²) < 4.78 is 4.64. The van der Waals surface area contributed by atoms with Crippen LogP contribution < -0.4 is 4.74 Å². The molecule has 74 valence electrons. The highest BCUT2D eigenvalue weighted by Gasteiger charge is 2.10. The van der Waals surface area contributed by atoms with Gasteiger partial charge in [0.25, 0.3) is 6.47 Å². The van der Waals surface area contributed by atoms with Crippen LogP contribution in [0.5, 0.6) is 5.75 Å². The molecule has 0 N–H and O–H groups in total. The molecule has 0 saturated heterocycles. The van der Waals surface area contributed by atoms with E-state index >= 15 is 0 Å². The van der Waals surface area contributed by atoms with Gasteiger partial charge in [-0.2, -0.15) is 0 Å². The molecule has 0 saturated carbocycles. The van der Waals surface area contributed by atoms with E-state index in [1.807, 2.05) is 13.8 Å². The van der Waals surface area contributed by atoms with E-state index in [1.165, 1.54) is 0 Å². The quantitative estimate of drug-likeness (QED) is 0.541. The molecule has 1 rings (SSSR count). The highest BCUT2D eigenvalue weighted by molar-refractivity contribution is 5.97. The number of hydrogen-bond acceptors (Lipinski definition) is 3. The van der Waals surface area contributed by atoms with Crippen LogP contribution in [-0.2, 0) is 4.79 Å². The molecule has 0 heterocycles. The Balaban J connectivity index is 2.93. The maximum Gasteiger partial charge on any atom is 0.298 e. The van der Waals surface area contributed by atoms with Gasteiger partial charge >= 0.3 is 0 Å². The second kappa shape index (κ2) is 4.56. The fourth-order valence-electron chi connectivity index (χ4n) is 1.11. The summed E-state index contributed by atoms with van der Waals surface area (Å²) in [4.78, 5) is 21.6. The van der Waals surface area contributed by atoms with Gasteiger partial charge in [-0.25, -0.2) is 0 Å². The Morgan fingerprint density at radius 3 is 2.71 bits per heavy atom. The molecule has 3 nitrogen and oxygen atoms in total. The van der Waals surface area contributed by atoms with E-state index in [9.17, 15) is 9.59 Å². The summed E-state index contributed by atoms with van der Waals surface area (Å²) in [6, 6.07) is 6.59.